The molecule has 104 valence electrons. The van der Waals surface area contributed by atoms with Crippen molar-refractivity contribution in [3.8, 4) is 0 Å². The SMILES string of the molecule is CC(NC(=O)N1CCC(O)C1)(C(=O)O)C(F)(F)F. The van der Waals surface area contributed by atoms with Crippen LogP contribution in [0.3, 0.4) is 0 Å². The van der Waals surface area contributed by atoms with Crippen molar-refractivity contribution < 1.29 is 33.0 Å². The number of carbonyl (C=O) groups excluding carboxylic acids is 1. The Labute approximate surface area is 100 Å². The summed E-state index contributed by atoms with van der Waals surface area (Å²) < 4.78 is 37.8. The summed E-state index contributed by atoms with van der Waals surface area (Å²) in [5, 5.41) is 19.2. The van der Waals surface area contributed by atoms with Crippen molar-refractivity contribution in [2.24, 2.45) is 0 Å². The molecule has 1 rings (SSSR count). The van der Waals surface area contributed by atoms with Crippen LogP contribution >= 0.6 is 0 Å². The monoisotopic (exact) mass is 270 g/mol. The van der Waals surface area contributed by atoms with E-state index < -0.39 is 29.8 Å². The van der Waals surface area contributed by atoms with E-state index in [1.54, 1.807) is 0 Å². The van der Waals surface area contributed by atoms with Crippen LogP contribution in [-0.4, -0.2) is 58.0 Å². The zero-order valence-corrected chi connectivity index (χ0v) is 9.49. The minimum atomic E-state index is -5.12. The van der Waals surface area contributed by atoms with Gasteiger partial charge in [0.15, 0.2) is 0 Å². The maximum absolute atomic E-state index is 12.6. The van der Waals surface area contributed by atoms with Crippen molar-refractivity contribution >= 4 is 12.0 Å². The lowest BCUT2D eigenvalue weighted by Gasteiger charge is -2.30. The average molecular weight is 270 g/mol. The number of alkyl halides is 3. The summed E-state index contributed by atoms with van der Waals surface area (Å²) in [6.07, 6.45) is -5.66. The minimum absolute atomic E-state index is 0.0839. The topological polar surface area (TPSA) is 89.9 Å². The highest BCUT2D eigenvalue weighted by Gasteiger charge is 2.59. The second kappa shape index (κ2) is 4.63. The first-order valence-electron chi connectivity index (χ1n) is 5.13. The predicted octanol–water partition coefficient (Wildman–Crippen LogP) is 0.168. The third-order valence-electron chi connectivity index (χ3n) is 2.80. The summed E-state index contributed by atoms with van der Waals surface area (Å²) in [5.41, 5.74) is -3.35. The zero-order chi connectivity index (χ0) is 14.1. The van der Waals surface area contributed by atoms with Crippen LogP contribution in [0.25, 0.3) is 0 Å². The third kappa shape index (κ3) is 2.66. The molecule has 1 aliphatic heterocycles. The molecule has 6 nitrogen and oxygen atoms in total. The van der Waals surface area contributed by atoms with Crippen molar-refractivity contribution in [1.82, 2.24) is 10.2 Å². The number of hydrogen-bond donors (Lipinski definition) is 3. The number of carbonyl (C=O) groups is 2. The fourth-order valence-corrected chi connectivity index (χ4v) is 1.46. The number of hydrogen-bond acceptors (Lipinski definition) is 3. The number of amides is 2. The molecule has 2 unspecified atom stereocenters. The van der Waals surface area contributed by atoms with Gasteiger partial charge < -0.3 is 20.4 Å². The van der Waals surface area contributed by atoms with Crippen LogP contribution in [0, 0.1) is 0 Å². The molecule has 0 aliphatic carbocycles. The van der Waals surface area contributed by atoms with Crippen LogP contribution in [0.2, 0.25) is 0 Å². The van der Waals surface area contributed by atoms with E-state index in [0.717, 1.165) is 4.90 Å². The van der Waals surface area contributed by atoms with Crippen LogP contribution in [-0.2, 0) is 4.79 Å². The number of aliphatic hydroxyl groups is 1. The first-order chi connectivity index (χ1) is 8.08. The van der Waals surface area contributed by atoms with E-state index in [4.69, 9.17) is 10.2 Å². The molecule has 0 aromatic heterocycles. The molecule has 0 spiro atoms. The molecular weight excluding hydrogens is 257 g/mol. The molecule has 0 aromatic carbocycles. The summed E-state index contributed by atoms with van der Waals surface area (Å²) >= 11 is 0. The first-order valence-corrected chi connectivity index (χ1v) is 5.13. The van der Waals surface area contributed by atoms with Gasteiger partial charge in [0.1, 0.15) is 0 Å². The quantitative estimate of drug-likeness (QED) is 0.667. The lowest BCUT2D eigenvalue weighted by molar-refractivity contribution is -0.203. The highest BCUT2D eigenvalue weighted by molar-refractivity contribution is 5.86. The van der Waals surface area contributed by atoms with E-state index >= 15 is 0 Å². The number of likely N-dealkylation sites (tertiary alicyclic amines) is 1. The molecule has 3 N–H and O–H groups in total. The summed E-state index contributed by atoms with van der Waals surface area (Å²) in [5.74, 6) is -2.19. The van der Waals surface area contributed by atoms with Crippen LogP contribution in [0.5, 0.6) is 0 Å². The number of halogens is 3. The number of carboxylic acid groups (broad SMARTS) is 1. The molecule has 0 aromatic rings. The van der Waals surface area contributed by atoms with E-state index in [2.05, 4.69) is 0 Å². The number of aliphatic carboxylic acids is 1. The number of nitrogens with zero attached hydrogens (tertiary/aromatic N) is 1. The summed E-state index contributed by atoms with van der Waals surface area (Å²) in [6.45, 7) is 0.347. The van der Waals surface area contributed by atoms with E-state index in [-0.39, 0.29) is 19.5 Å². The van der Waals surface area contributed by atoms with Crippen molar-refractivity contribution in [2.45, 2.75) is 31.2 Å². The van der Waals surface area contributed by atoms with Crippen LogP contribution in [0.4, 0.5) is 18.0 Å². The Kier molecular flexibility index (Phi) is 3.75. The van der Waals surface area contributed by atoms with Gasteiger partial charge in [-0.1, -0.05) is 0 Å². The standard InChI is InChI=1S/C9H13F3N2O4/c1-8(6(16)17,9(10,11)12)13-7(18)14-3-2-5(15)4-14/h5,15H,2-4H2,1H3,(H,13,18)(H,16,17). The summed E-state index contributed by atoms with van der Waals surface area (Å²) in [4.78, 5) is 23.1. The van der Waals surface area contributed by atoms with Crippen LogP contribution in [0.15, 0.2) is 0 Å². The summed E-state index contributed by atoms with van der Waals surface area (Å²) in [7, 11) is 0. The maximum Gasteiger partial charge on any atom is 0.422 e. The van der Waals surface area contributed by atoms with Crippen molar-refractivity contribution in [2.75, 3.05) is 13.1 Å². The zero-order valence-electron chi connectivity index (χ0n) is 9.49. The third-order valence-corrected chi connectivity index (χ3v) is 2.80. The van der Waals surface area contributed by atoms with E-state index in [1.165, 1.54) is 5.32 Å². The Morgan fingerprint density at radius 2 is 1.94 bits per heavy atom. The van der Waals surface area contributed by atoms with Gasteiger partial charge in [0.2, 0.25) is 5.54 Å². The normalized spacial score (nSPS) is 23.6. The van der Waals surface area contributed by atoms with Crippen molar-refractivity contribution in [1.29, 1.82) is 0 Å². The van der Waals surface area contributed by atoms with Gasteiger partial charge in [-0.3, -0.25) is 0 Å². The smallest absolute Gasteiger partial charge is 0.422 e. The number of urea groups is 1. The van der Waals surface area contributed by atoms with Gasteiger partial charge in [-0.15, -0.1) is 0 Å². The van der Waals surface area contributed by atoms with E-state index in [0.29, 0.717) is 6.92 Å². The molecule has 1 saturated heterocycles. The molecule has 0 saturated carbocycles. The molecule has 2 amide bonds. The molecule has 1 fully saturated rings. The Morgan fingerprint density at radius 3 is 2.28 bits per heavy atom. The Morgan fingerprint density at radius 1 is 1.39 bits per heavy atom. The second-order valence-corrected chi connectivity index (χ2v) is 4.25. The minimum Gasteiger partial charge on any atom is -0.479 e. The van der Waals surface area contributed by atoms with Crippen molar-refractivity contribution in [3.63, 3.8) is 0 Å². The molecule has 1 aliphatic rings. The Hall–Kier alpha value is -1.51. The molecule has 2 atom stereocenters. The Balaban J connectivity index is 2.80. The van der Waals surface area contributed by atoms with Gasteiger partial charge in [0.25, 0.3) is 0 Å². The van der Waals surface area contributed by atoms with Gasteiger partial charge >= 0.3 is 18.2 Å². The Bertz CT molecular complexity index is 360. The molecule has 9 heteroatoms. The fourth-order valence-electron chi connectivity index (χ4n) is 1.46. The van der Waals surface area contributed by atoms with Gasteiger partial charge in [-0.25, -0.2) is 9.59 Å². The molecule has 1 heterocycles. The largest absolute Gasteiger partial charge is 0.479 e. The van der Waals surface area contributed by atoms with E-state index in [1.807, 2.05) is 0 Å². The van der Waals surface area contributed by atoms with Gasteiger partial charge in [-0.05, 0) is 13.3 Å². The number of rotatable bonds is 2. The van der Waals surface area contributed by atoms with Crippen LogP contribution < -0.4 is 5.32 Å². The lowest BCUT2D eigenvalue weighted by atomic mass is 10.0. The molecule has 0 radical (unpaired) electrons. The van der Waals surface area contributed by atoms with Crippen molar-refractivity contribution in [3.05, 3.63) is 0 Å². The summed E-state index contributed by atoms with van der Waals surface area (Å²) in [6, 6.07) is -1.16. The average Bonchev–Trinajstić information content (AvgIpc) is 2.62. The molecular formula is C9H13F3N2O4. The number of aliphatic hydroxyl groups excluding tert-OH is 1. The van der Waals surface area contributed by atoms with Crippen LogP contribution in [0.1, 0.15) is 13.3 Å². The molecule has 18 heavy (non-hydrogen) atoms. The maximum atomic E-state index is 12.6. The predicted molar refractivity (Wildman–Crippen MR) is 52.8 cm³/mol. The van der Waals surface area contributed by atoms with E-state index in [9.17, 15) is 22.8 Å². The second-order valence-electron chi connectivity index (χ2n) is 4.25. The number of carboxylic acids is 1. The number of nitrogens with one attached hydrogen (secondary N) is 1. The lowest BCUT2D eigenvalue weighted by Crippen LogP contribution is -2.63. The van der Waals surface area contributed by atoms with Gasteiger partial charge in [0, 0.05) is 13.1 Å². The first kappa shape index (κ1) is 14.6. The van der Waals surface area contributed by atoms with Gasteiger partial charge in [-0.2, -0.15) is 13.2 Å². The highest BCUT2D eigenvalue weighted by Crippen LogP contribution is 2.30. The molecule has 0 bridgehead atoms. The highest BCUT2D eigenvalue weighted by atomic mass is 19.4. The van der Waals surface area contributed by atoms with Gasteiger partial charge in [0.05, 0.1) is 6.10 Å². The fraction of sp³-hybridized carbons (Fsp3) is 0.778. The number of β-amino-alcohol motifs (C(OH)–C–C–N with tert-alkyl or cyclic N) is 1.